The monoisotopic (exact) mass is 694 g/mol. The molecule has 1 aliphatic rings. The third-order valence-electron chi connectivity index (χ3n) is 8.91. The normalized spacial score (nSPS) is 23.0. The number of aliphatic hydroxyl groups is 5. The first kappa shape index (κ1) is 45.2. The molecule has 1 rings (SSSR count). The van der Waals surface area contributed by atoms with Crippen molar-refractivity contribution in [3.05, 3.63) is 48.6 Å². The highest BCUT2D eigenvalue weighted by molar-refractivity contribution is 5.76. The Labute approximate surface area is 297 Å². The summed E-state index contributed by atoms with van der Waals surface area (Å²) >= 11 is 0. The van der Waals surface area contributed by atoms with E-state index >= 15 is 0 Å². The molecule has 6 N–H and O–H groups in total. The number of aliphatic hydroxyl groups excluding tert-OH is 5. The van der Waals surface area contributed by atoms with Crippen molar-refractivity contribution in [2.45, 2.75) is 185 Å². The first-order valence-corrected chi connectivity index (χ1v) is 19.4. The molecule has 0 bridgehead atoms. The van der Waals surface area contributed by atoms with Gasteiger partial charge in [0.25, 0.3) is 0 Å². The maximum absolute atomic E-state index is 12.8. The number of carbonyl (C=O) groups is 1. The third kappa shape index (κ3) is 22.6. The Hall–Kier alpha value is -1.85. The number of hydrogen-bond acceptors (Lipinski definition) is 8. The molecule has 0 saturated carbocycles. The Morgan fingerprint density at radius 2 is 1.27 bits per heavy atom. The van der Waals surface area contributed by atoms with Crippen LogP contribution in [0.4, 0.5) is 0 Å². The van der Waals surface area contributed by atoms with Crippen molar-refractivity contribution in [1.82, 2.24) is 5.32 Å². The van der Waals surface area contributed by atoms with Gasteiger partial charge in [-0.3, -0.25) is 4.79 Å². The molecule has 1 heterocycles. The van der Waals surface area contributed by atoms with E-state index < -0.39 is 49.5 Å². The molecule has 0 aliphatic carbocycles. The van der Waals surface area contributed by atoms with Gasteiger partial charge in [-0.15, -0.1) is 0 Å². The second kappa shape index (κ2) is 30.9. The number of ether oxygens (including phenoxy) is 2. The van der Waals surface area contributed by atoms with E-state index in [0.717, 1.165) is 57.8 Å². The van der Waals surface area contributed by atoms with E-state index in [2.05, 4.69) is 55.6 Å². The van der Waals surface area contributed by atoms with Crippen LogP contribution in [-0.2, 0) is 14.3 Å². The summed E-state index contributed by atoms with van der Waals surface area (Å²) < 4.78 is 11.1. The molecule has 0 aromatic heterocycles. The molecular weight excluding hydrogens is 622 g/mol. The van der Waals surface area contributed by atoms with Crippen molar-refractivity contribution in [3.63, 3.8) is 0 Å². The number of rotatable bonds is 30. The highest BCUT2D eigenvalue weighted by Gasteiger charge is 2.44. The van der Waals surface area contributed by atoms with Gasteiger partial charge in [0.1, 0.15) is 24.4 Å². The Balaban J connectivity index is 2.49. The summed E-state index contributed by atoms with van der Waals surface area (Å²) in [5, 5.41) is 53.9. The molecule has 7 unspecified atom stereocenters. The van der Waals surface area contributed by atoms with Gasteiger partial charge in [-0.25, -0.2) is 0 Å². The van der Waals surface area contributed by atoms with Crippen molar-refractivity contribution in [2.24, 2.45) is 0 Å². The van der Waals surface area contributed by atoms with E-state index in [-0.39, 0.29) is 12.5 Å². The molecule has 284 valence electrons. The van der Waals surface area contributed by atoms with Crippen LogP contribution in [0.3, 0.4) is 0 Å². The molecular formula is C40H71NO8. The van der Waals surface area contributed by atoms with Crippen molar-refractivity contribution in [2.75, 3.05) is 13.2 Å². The fourth-order valence-electron chi connectivity index (χ4n) is 5.76. The lowest BCUT2D eigenvalue weighted by molar-refractivity contribution is -0.302. The second-order valence-electron chi connectivity index (χ2n) is 13.3. The molecule has 0 spiro atoms. The van der Waals surface area contributed by atoms with Gasteiger partial charge in [-0.1, -0.05) is 133 Å². The number of unbranched alkanes of at least 4 members (excludes halogenated alkanes) is 14. The quantitative estimate of drug-likeness (QED) is 0.0359. The van der Waals surface area contributed by atoms with Gasteiger partial charge in [0.05, 0.1) is 25.4 Å². The minimum Gasteiger partial charge on any atom is -0.394 e. The topological polar surface area (TPSA) is 149 Å². The van der Waals surface area contributed by atoms with Crippen LogP contribution in [0, 0.1) is 0 Å². The van der Waals surface area contributed by atoms with Gasteiger partial charge in [0, 0.05) is 6.42 Å². The molecule has 0 radical (unpaired) electrons. The zero-order valence-electron chi connectivity index (χ0n) is 30.7. The second-order valence-corrected chi connectivity index (χ2v) is 13.3. The van der Waals surface area contributed by atoms with Crippen LogP contribution in [-0.4, -0.2) is 87.5 Å². The molecule has 49 heavy (non-hydrogen) atoms. The fraction of sp³-hybridized carbons (Fsp3) is 0.775. The number of nitrogens with one attached hydrogen (secondary N) is 1. The largest absolute Gasteiger partial charge is 0.394 e. The summed E-state index contributed by atoms with van der Waals surface area (Å²) in [4.78, 5) is 12.8. The summed E-state index contributed by atoms with van der Waals surface area (Å²) in [6.07, 6.45) is 30.1. The van der Waals surface area contributed by atoms with Crippen LogP contribution in [0.5, 0.6) is 0 Å². The molecule has 7 atom stereocenters. The smallest absolute Gasteiger partial charge is 0.220 e. The van der Waals surface area contributed by atoms with E-state index in [9.17, 15) is 30.3 Å². The van der Waals surface area contributed by atoms with Gasteiger partial charge in [-0.2, -0.15) is 0 Å². The molecule has 1 amide bonds. The Morgan fingerprint density at radius 1 is 0.714 bits per heavy atom. The van der Waals surface area contributed by atoms with Crippen LogP contribution < -0.4 is 5.32 Å². The van der Waals surface area contributed by atoms with E-state index in [0.29, 0.717) is 12.8 Å². The molecule has 0 aromatic rings. The number of hydrogen-bond donors (Lipinski definition) is 6. The van der Waals surface area contributed by atoms with Crippen LogP contribution in [0.2, 0.25) is 0 Å². The van der Waals surface area contributed by atoms with Gasteiger partial charge < -0.3 is 40.3 Å². The predicted molar refractivity (Wildman–Crippen MR) is 198 cm³/mol. The van der Waals surface area contributed by atoms with Crippen LogP contribution >= 0.6 is 0 Å². The standard InChI is InChI=1S/C40H71NO8/c1-3-5-7-9-11-13-15-17-19-21-23-25-27-29-34(43)33(32-48-40-39(47)38(46)37(45)35(31-42)49-40)41-36(44)30-28-26-24-22-20-18-16-14-12-10-8-6-4-2/h6,8,12,14,18,20,27,29,33-35,37-40,42-43,45-47H,3-5,7,9-11,13,15-17,19,21-26,28,30-32H2,1-2H3,(H,41,44)/b8-6-,14-12-,20-18-,29-27+. The van der Waals surface area contributed by atoms with Crippen molar-refractivity contribution in [1.29, 1.82) is 0 Å². The minimum atomic E-state index is -1.57. The highest BCUT2D eigenvalue weighted by atomic mass is 16.7. The average molecular weight is 694 g/mol. The number of carbonyl (C=O) groups excluding carboxylic acids is 1. The number of allylic oxidation sites excluding steroid dienone is 7. The Kier molecular flexibility index (Phi) is 28.5. The lowest BCUT2D eigenvalue weighted by Gasteiger charge is -2.40. The Bertz CT molecular complexity index is 905. The van der Waals surface area contributed by atoms with Gasteiger partial charge >= 0.3 is 0 Å². The maximum Gasteiger partial charge on any atom is 0.220 e. The zero-order valence-corrected chi connectivity index (χ0v) is 30.7. The average Bonchev–Trinajstić information content (AvgIpc) is 3.10. The SMILES string of the molecule is CC/C=C\C/C=C\C/C=C\CCCCCC(=O)NC(COC1OC(CO)C(O)C(O)C1O)C(O)/C=C/CCCCCCCCCCCCC. The lowest BCUT2D eigenvalue weighted by atomic mass is 9.99. The van der Waals surface area contributed by atoms with E-state index in [1.165, 1.54) is 57.8 Å². The highest BCUT2D eigenvalue weighted by Crippen LogP contribution is 2.22. The van der Waals surface area contributed by atoms with E-state index in [1.807, 2.05) is 6.08 Å². The Morgan fingerprint density at radius 3 is 1.88 bits per heavy atom. The van der Waals surface area contributed by atoms with Gasteiger partial charge in [-0.05, 0) is 51.4 Å². The minimum absolute atomic E-state index is 0.202. The van der Waals surface area contributed by atoms with E-state index in [4.69, 9.17) is 9.47 Å². The molecule has 1 fully saturated rings. The summed E-state index contributed by atoms with van der Waals surface area (Å²) in [7, 11) is 0. The first-order valence-electron chi connectivity index (χ1n) is 19.4. The third-order valence-corrected chi connectivity index (χ3v) is 8.91. The molecule has 1 saturated heterocycles. The predicted octanol–water partition coefficient (Wildman–Crippen LogP) is 6.72. The molecule has 9 heteroatoms. The van der Waals surface area contributed by atoms with Gasteiger partial charge in [0.15, 0.2) is 6.29 Å². The van der Waals surface area contributed by atoms with Crippen LogP contribution in [0.15, 0.2) is 48.6 Å². The molecule has 9 nitrogen and oxygen atoms in total. The molecule has 1 aliphatic heterocycles. The first-order chi connectivity index (χ1) is 23.8. The zero-order chi connectivity index (χ0) is 36.0. The van der Waals surface area contributed by atoms with Crippen molar-refractivity contribution in [3.8, 4) is 0 Å². The van der Waals surface area contributed by atoms with Gasteiger partial charge in [0.2, 0.25) is 5.91 Å². The number of amides is 1. The van der Waals surface area contributed by atoms with E-state index in [1.54, 1.807) is 6.08 Å². The molecule has 0 aromatic carbocycles. The summed E-state index contributed by atoms with van der Waals surface area (Å²) in [6.45, 7) is 3.60. The summed E-state index contributed by atoms with van der Waals surface area (Å²) in [6, 6.07) is -0.818. The summed E-state index contributed by atoms with van der Waals surface area (Å²) in [5.41, 5.74) is 0. The fourth-order valence-corrected chi connectivity index (χ4v) is 5.76. The maximum atomic E-state index is 12.8. The van der Waals surface area contributed by atoms with Crippen molar-refractivity contribution < 1.29 is 39.8 Å². The van der Waals surface area contributed by atoms with Crippen LogP contribution in [0.25, 0.3) is 0 Å². The van der Waals surface area contributed by atoms with Crippen LogP contribution in [0.1, 0.15) is 142 Å². The summed E-state index contributed by atoms with van der Waals surface area (Å²) in [5.74, 6) is -0.210. The lowest BCUT2D eigenvalue weighted by Crippen LogP contribution is -2.60. The van der Waals surface area contributed by atoms with Crippen molar-refractivity contribution >= 4 is 5.91 Å².